The number of aryl methyl sites for hydroxylation is 2. The van der Waals surface area contributed by atoms with Crippen molar-refractivity contribution in [1.82, 2.24) is 10.3 Å². The summed E-state index contributed by atoms with van der Waals surface area (Å²) in [4.78, 5) is 28.9. The number of hydrogen-bond acceptors (Lipinski definition) is 4. The summed E-state index contributed by atoms with van der Waals surface area (Å²) in [6.45, 7) is 4.20. The lowest BCUT2D eigenvalue weighted by Crippen LogP contribution is -2.24. The third-order valence-corrected chi connectivity index (χ3v) is 4.92. The highest BCUT2D eigenvalue weighted by molar-refractivity contribution is 5.98. The van der Waals surface area contributed by atoms with Crippen LogP contribution in [0, 0.1) is 0 Å². The van der Waals surface area contributed by atoms with E-state index >= 15 is 0 Å². The molecular weight excluding hydrogens is 352 g/mol. The number of pyridine rings is 1. The van der Waals surface area contributed by atoms with Gasteiger partial charge in [-0.3, -0.25) is 9.59 Å². The maximum Gasteiger partial charge on any atom is 0.220 e. The minimum Gasteiger partial charge on any atom is -0.475 e. The van der Waals surface area contributed by atoms with Crippen LogP contribution in [0.15, 0.2) is 36.5 Å². The van der Waals surface area contributed by atoms with Crippen molar-refractivity contribution in [2.75, 3.05) is 0 Å². The summed E-state index contributed by atoms with van der Waals surface area (Å²) in [6, 6.07) is 9.67. The Balaban J connectivity index is 1.50. The lowest BCUT2D eigenvalue weighted by Gasteiger charge is -2.16. The molecule has 1 aromatic heterocycles. The van der Waals surface area contributed by atoms with Crippen LogP contribution in [-0.2, 0) is 24.2 Å². The maximum atomic E-state index is 12.5. The number of nitrogens with one attached hydrogen (secondary N) is 1. The summed E-state index contributed by atoms with van der Waals surface area (Å²) in [6.07, 6.45) is 6.62. The predicted octanol–water partition coefficient (Wildman–Crippen LogP) is 4.03. The fourth-order valence-corrected chi connectivity index (χ4v) is 3.45. The highest BCUT2D eigenvalue weighted by Gasteiger charge is 2.14. The van der Waals surface area contributed by atoms with E-state index in [9.17, 15) is 9.59 Å². The molecule has 148 valence electrons. The number of aromatic nitrogens is 1. The molecule has 1 heterocycles. The molecule has 5 nitrogen and oxygen atoms in total. The van der Waals surface area contributed by atoms with Gasteiger partial charge in [-0.2, -0.15) is 0 Å². The Kier molecular flexibility index (Phi) is 6.80. The first kappa shape index (κ1) is 20.1. The molecule has 1 aliphatic carbocycles. The second-order valence-electron chi connectivity index (χ2n) is 7.52. The summed E-state index contributed by atoms with van der Waals surface area (Å²) in [7, 11) is 0. The van der Waals surface area contributed by atoms with Gasteiger partial charge >= 0.3 is 0 Å². The smallest absolute Gasteiger partial charge is 0.220 e. The van der Waals surface area contributed by atoms with Crippen LogP contribution in [0.2, 0.25) is 0 Å². The van der Waals surface area contributed by atoms with E-state index in [1.165, 1.54) is 24.0 Å². The van der Waals surface area contributed by atoms with Crippen molar-refractivity contribution in [3.05, 3.63) is 58.8 Å². The van der Waals surface area contributed by atoms with Crippen molar-refractivity contribution in [2.24, 2.45) is 0 Å². The third kappa shape index (κ3) is 5.41. The van der Waals surface area contributed by atoms with Gasteiger partial charge in [-0.05, 0) is 62.8 Å². The van der Waals surface area contributed by atoms with Crippen molar-refractivity contribution in [3.8, 4) is 5.88 Å². The van der Waals surface area contributed by atoms with E-state index in [1.807, 2.05) is 38.1 Å². The normalized spacial score (nSPS) is 13.1. The summed E-state index contributed by atoms with van der Waals surface area (Å²) in [5, 5.41) is 2.86. The fourth-order valence-electron chi connectivity index (χ4n) is 3.45. The molecule has 2 aromatic rings. The van der Waals surface area contributed by atoms with Crippen LogP contribution >= 0.6 is 0 Å². The highest BCUT2D eigenvalue weighted by atomic mass is 16.5. The average Bonchev–Trinajstić information content (AvgIpc) is 2.70. The van der Waals surface area contributed by atoms with E-state index in [0.717, 1.165) is 18.4 Å². The molecule has 0 saturated heterocycles. The number of amides is 1. The topological polar surface area (TPSA) is 68.3 Å². The molecule has 1 amide bonds. The van der Waals surface area contributed by atoms with Gasteiger partial charge in [-0.1, -0.05) is 18.2 Å². The van der Waals surface area contributed by atoms with Gasteiger partial charge in [0.1, 0.15) is 0 Å². The molecule has 0 saturated carbocycles. The molecule has 5 heteroatoms. The Morgan fingerprint density at radius 1 is 1.11 bits per heavy atom. The number of ketones is 1. The number of Topliss-reactive ketones (excluding diaryl/α,β-unsaturated/α-hetero) is 1. The number of rotatable bonds is 8. The van der Waals surface area contributed by atoms with Gasteiger partial charge in [0.2, 0.25) is 11.8 Å². The number of ether oxygens (including phenoxy) is 1. The number of hydrogen-bond donors (Lipinski definition) is 1. The summed E-state index contributed by atoms with van der Waals surface area (Å²) >= 11 is 0. The summed E-state index contributed by atoms with van der Waals surface area (Å²) in [5.41, 5.74) is 4.19. The lowest BCUT2D eigenvalue weighted by molar-refractivity contribution is -0.121. The Hall–Kier alpha value is -2.69. The van der Waals surface area contributed by atoms with Crippen LogP contribution in [0.4, 0.5) is 0 Å². The SMILES string of the molecule is CC(C)Oc1ncccc1CNC(=O)CCC(=O)c1ccc2c(c1)CCCC2. The number of fused-ring (bicyclic) bond motifs is 1. The quantitative estimate of drug-likeness (QED) is 0.702. The Morgan fingerprint density at radius 3 is 2.68 bits per heavy atom. The second-order valence-corrected chi connectivity index (χ2v) is 7.52. The van der Waals surface area contributed by atoms with Crippen LogP contribution in [0.3, 0.4) is 0 Å². The third-order valence-electron chi connectivity index (χ3n) is 4.92. The van der Waals surface area contributed by atoms with Crippen LogP contribution < -0.4 is 10.1 Å². The van der Waals surface area contributed by atoms with Gasteiger partial charge in [-0.25, -0.2) is 4.98 Å². The highest BCUT2D eigenvalue weighted by Crippen LogP contribution is 2.23. The van der Waals surface area contributed by atoms with Crippen LogP contribution in [0.5, 0.6) is 5.88 Å². The molecule has 0 unspecified atom stereocenters. The van der Waals surface area contributed by atoms with Gasteiger partial charge in [0.15, 0.2) is 5.78 Å². The largest absolute Gasteiger partial charge is 0.475 e. The minimum atomic E-state index is -0.148. The van der Waals surface area contributed by atoms with E-state index in [1.54, 1.807) is 6.20 Å². The first-order chi connectivity index (χ1) is 13.5. The number of benzene rings is 1. The molecule has 1 aromatic carbocycles. The zero-order valence-corrected chi connectivity index (χ0v) is 16.7. The summed E-state index contributed by atoms with van der Waals surface area (Å²) < 4.78 is 5.66. The van der Waals surface area contributed by atoms with E-state index in [0.29, 0.717) is 18.0 Å². The van der Waals surface area contributed by atoms with E-state index in [2.05, 4.69) is 16.4 Å². The molecule has 0 aliphatic heterocycles. The lowest BCUT2D eigenvalue weighted by atomic mass is 9.89. The van der Waals surface area contributed by atoms with Gasteiger partial charge in [0, 0.05) is 36.7 Å². The van der Waals surface area contributed by atoms with Gasteiger partial charge in [0.05, 0.1) is 6.10 Å². The molecule has 3 rings (SSSR count). The maximum absolute atomic E-state index is 12.5. The first-order valence-corrected chi connectivity index (χ1v) is 10.0. The summed E-state index contributed by atoms with van der Waals surface area (Å²) in [5.74, 6) is 0.405. The van der Waals surface area contributed by atoms with Gasteiger partial charge in [-0.15, -0.1) is 0 Å². The standard InChI is InChI=1S/C23H28N2O3/c1-16(2)28-23-20(8-5-13-24-23)15-25-22(27)12-11-21(26)19-10-9-17-6-3-4-7-18(17)14-19/h5,8-10,13-14,16H,3-4,6-7,11-12,15H2,1-2H3,(H,25,27). The Bertz CT molecular complexity index is 845. The molecule has 0 radical (unpaired) electrons. The van der Waals surface area contributed by atoms with Crippen LogP contribution in [0.25, 0.3) is 0 Å². The van der Waals surface area contributed by atoms with E-state index < -0.39 is 0 Å². The molecule has 0 atom stereocenters. The zero-order chi connectivity index (χ0) is 19.9. The zero-order valence-electron chi connectivity index (χ0n) is 16.7. The predicted molar refractivity (Wildman–Crippen MR) is 108 cm³/mol. The van der Waals surface area contributed by atoms with Crippen molar-refractivity contribution in [1.29, 1.82) is 0 Å². The Labute approximate surface area is 166 Å². The molecule has 0 spiro atoms. The Morgan fingerprint density at radius 2 is 1.89 bits per heavy atom. The molecule has 0 fully saturated rings. The minimum absolute atomic E-state index is 0.0126. The van der Waals surface area contributed by atoms with Crippen molar-refractivity contribution >= 4 is 11.7 Å². The van der Waals surface area contributed by atoms with Gasteiger partial charge in [0.25, 0.3) is 0 Å². The van der Waals surface area contributed by atoms with Crippen molar-refractivity contribution in [2.45, 2.75) is 65.0 Å². The fraction of sp³-hybridized carbons (Fsp3) is 0.435. The molecule has 0 bridgehead atoms. The molecule has 1 aliphatic rings. The molecule has 1 N–H and O–H groups in total. The number of nitrogens with zero attached hydrogens (tertiary/aromatic N) is 1. The van der Waals surface area contributed by atoms with Crippen molar-refractivity contribution in [3.63, 3.8) is 0 Å². The average molecular weight is 380 g/mol. The first-order valence-electron chi connectivity index (χ1n) is 10.0. The molecule has 28 heavy (non-hydrogen) atoms. The van der Waals surface area contributed by atoms with Crippen LogP contribution in [0.1, 0.15) is 66.6 Å². The van der Waals surface area contributed by atoms with Gasteiger partial charge < -0.3 is 10.1 Å². The van der Waals surface area contributed by atoms with Crippen LogP contribution in [-0.4, -0.2) is 22.8 Å². The number of carbonyl (C=O) groups excluding carboxylic acids is 2. The molecular formula is C23H28N2O3. The second kappa shape index (κ2) is 9.49. The number of carbonyl (C=O) groups is 2. The van der Waals surface area contributed by atoms with E-state index in [-0.39, 0.29) is 30.6 Å². The van der Waals surface area contributed by atoms with Crippen molar-refractivity contribution < 1.29 is 14.3 Å². The monoisotopic (exact) mass is 380 g/mol. The van der Waals surface area contributed by atoms with E-state index in [4.69, 9.17) is 4.74 Å².